The number of rotatable bonds is 5. The number of hydrogen-bond acceptors (Lipinski definition) is 4. The molecule has 0 radical (unpaired) electrons. The first-order chi connectivity index (χ1) is 8.54. The topological polar surface area (TPSA) is 113 Å². The molecule has 0 aliphatic heterocycles. The van der Waals surface area contributed by atoms with Crippen molar-refractivity contribution in [1.82, 2.24) is 5.43 Å². The molecule has 0 aliphatic rings. The molecule has 5 N–H and O–H groups in total. The number of hydrogen-bond donors (Lipinski definition) is 4. The predicted octanol–water partition coefficient (Wildman–Crippen LogP) is 0.630. The second-order valence-electron chi connectivity index (χ2n) is 3.60. The van der Waals surface area contributed by atoms with Crippen LogP contribution in [0.1, 0.15) is 18.4 Å². The summed E-state index contributed by atoms with van der Waals surface area (Å²) < 4.78 is 0. The fourth-order valence-electron chi connectivity index (χ4n) is 1.38. The van der Waals surface area contributed by atoms with Gasteiger partial charge in [-0.25, -0.2) is 5.84 Å². The molecule has 0 bridgehead atoms. The van der Waals surface area contributed by atoms with Crippen molar-refractivity contribution < 1.29 is 19.8 Å². The number of aliphatic carboxylic acids is 1. The van der Waals surface area contributed by atoms with Crippen LogP contribution in [0.5, 0.6) is 5.75 Å². The van der Waals surface area contributed by atoms with Gasteiger partial charge in [0.15, 0.2) is 0 Å². The van der Waals surface area contributed by atoms with Crippen LogP contribution in [0.4, 0.5) is 0 Å². The highest BCUT2D eigenvalue weighted by atomic mass is 16.4. The molecule has 0 unspecified atom stereocenters. The third-order valence-corrected chi connectivity index (χ3v) is 2.30. The van der Waals surface area contributed by atoms with Crippen LogP contribution < -0.4 is 11.3 Å². The molecule has 0 aromatic heterocycles. The Morgan fingerprint density at radius 2 is 1.94 bits per heavy atom. The molecule has 6 heteroatoms. The molecule has 0 spiro atoms. The molecule has 96 valence electrons. The fourth-order valence-corrected chi connectivity index (χ4v) is 1.38. The second-order valence-corrected chi connectivity index (χ2v) is 3.60. The van der Waals surface area contributed by atoms with E-state index in [1.807, 2.05) is 5.43 Å². The van der Waals surface area contributed by atoms with E-state index in [1.165, 1.54) is 12.1 Å². The van der Waals surface area contributed by atoms with Crippen LogP contribution in [0.25, 0.3) is 6.08 Å². The normalized spacial score (nSPS) is 11.1. The van der Waals surface area contributed by atoms with Gasteiger partial charge in [-0.05, 0) is 18.6 Å². The number of carbonyl (C=O) groups is 2. The van der Waals surface area contributed by atoms with E-state index < -0.39 is 11.9 Å². The van der Waals surface area contributed by atoms with Crippen molar-refractivity contribution in [3.63, 3.8) is 0 Å². The number of carboxylic acid groups (broad SMARTS) is 1. The molecule has 0 heterocycles. The number of aromatic hydroxyl groups is 1. The van der Waals surface area contributed by atoms with Crippen molar-refractivity contribution in [3.8, 4) is 5.75 Å². The van der Waals surface area contributed by atoms with Gasteiger partial charge in [-0.2, -0.15) is 0 Å². The summed E-state index contributed by atoms with van der Waals surface area (Å²) in [4.78, 5) is 22.0. The zero-order valence-corrected chi connectivity index (χ0v) is 9.59. The van der Waals surface area contributed by atoms with Crippen molar-refractivity contribution in [3.05, 3.63) is 35.4 Å². The molecule has 0 saturated heterocycles. The van der Waals surface area contributed by atoms with Gasteiger partial charge in [-0.15, -0.1) is 0 Å². The summed E-state index contributed by atoms with van der Waals surface area (Å²) in [7, 11) is 0. The van der Waals surface area contributed by atoms with Gasteiger partial charge in [0.25, 0.3) is 5.91 Å². The first kappa shape index (κ1) is 13.7. The summed E-state index contributed by atoms with van der Waals surface area (Å²) in [6.45, 7) is 0. The summed E-state index contributed by atoms with van der Waals surface area (Å²) in [5.74, 6) is 3.45. The maximum Gasteiger partial charge on any atom is 0.303 e. The quantitative estimate of drug-likeness (QED) is 0.265. The van der Waals surface area contributed by atoms with Gasteiger partial charge in [0.05, 0.1) is 0 Å². The minimum Gasteiger partial charge on any atom is -0.507 e. The van der Waals surface area contributed by atoms with E-state index >= 15 is 0 Å². The molecule has 6 nitrogen and oxygen atoms in total. The van der Waals surface area contributed by atoms with Crippen molar-refractivity contribution in [2.24, 2.45) is 5.84 Å². The highest BCUT2D eigenvalue weighted by Gasteiger charge is 2.11. The fraction of sp³-hybridized carbons (Fsp3) is 0.167. The number of carboxylic acids is 1. The Hall–Kier alpha value is -2.34. The Bertz CT molecular complexity index is 483. The lowest BCUT2D eigenvalue weighted by molar-refractivity contribution is -0.136. The number of benzene rings is 1. The maximum absolute atomic E-state index is 11.5. The molecular formula is C12H14N2O4. The van der Waals surface area contributed by atoms with Crippen molar-refractivity contribution in [1.29, 1.82) is 0 Å². The smallest absolute Gasteiger partial charge is 0.303 e. The summed E-state index contributed by atoms with van der Waals surface area (Å²) >= 11 is 0. The molecule has 1 amide bonds. The van der Waals surface area contributed by atoms with Crippen LogP contribution in [0.3, 0.4) is 0 Å². The minimum atomic E-state index is -1.01. The first-order valence-corrected chi connectivity index (χ1v) is 5.26. The highest BCUT2D eigenvalue weighted by molar-refractivity contribution is 5.98. The summed E-state index contributed by atoms with van der Waals surface area (Å²) in [5.41, 5.74) is 2.57. The highest BCUT2D eigenvalue weighted by Crippen LogP contribution is 2.20. The SMILES string of the molecule is NNC(=O)C(=Cc1ccccc1O)CCC(=O)O. The molecular weight excluding hydrogens is 236 g/mol. The Balaban J connectivity index is 2.98. The van der Waals surface area contributed by atoms with Crippen molar-refractivity contribution in [2.75, 3.05) is 0 Å². The van der Waals surface area contributed by atoms with E-state index in [4.69, 9.17) is 10.9 Å². The van der Waals surface area contributed by atoms with E-state index in [9.17, 15) is 14.7 Å². The molecule has 0 atom stereocenters. The largest absolute Gasteiger partial charge is 0.507 e. The standard InChI is InChI=1S/C12H14N2O4/c13-14-12(18)9(5-6-11(16)17)7-8-3-1-2-4-10(8)15/h1-4,7,15H,5-6,13H2,(H,14,18)(H,16,17). The molecule has 0 aliphatic carbocycles. The molecule has 18 heavy (non-hydrogen) atoms. The number of nitrogens with one attached hydrogen (secondary N) is 1. The average molecular weight is 250 g/mol. The number of nitrogens with two attached hydrogens (primary N) is 1. The minimum absolute atomic E-state index is 0.00939. The van der Waals surface area contributed by atoms with E-state index in [2.05, 4.69) is 0 Å². The average Bonchev–Trinajstić information content (AvgIpc) is 2.35. The van der Waals surface area contributed by atoms with Crippen LogP contribution in [0, 0.1) is 0 Å². The van der Waals surface area contributed by atoms with Crippen LogP contribution in [0.15, 0.2) is 29.8 Å². The van der Waals surface area contributed by atoms with Crippen LogP contribution in [-0.4, -0.2) is 22.1 Å². The third kappa shape index (κ3) is 3.91. The molecule has 1 rings (SSSR count). The van der Waals surface area contributed by atoms with Gasteiger partial charge in [0.2, 0.25) is 0 Å². The zero-order chi connectivity index (χ0) is 13.5. The van der Waals surface area contributed by atoms with Gasteiger partial charge in [-0.1, -0.05) is 18.2 Å². The van der Waals surface area contributed by atoms with Crippen LogP contribution in [0.2, 0.25) is 0 Å². The Labute approximate surface area is 104 Å². The lowest BCUT2D eigenvalue weighted by Gasteiger charge is -2.05. The number of para-hydroxylation sites is 1. The van der Waals surface area contributed by atoms with Gasteiger partial charge in [0, 0.05) is 17.6 Å². The molecule has 0 fully saturated rings. The second kappa shape index (κ2) is 6.41. The summed E-state index contributed by atoms with van der Waals surface area (Å²) in [5, 5.41) is 18.2. The van der Waals surface area contributed by atoms with Gasteiger partial charge in [0.1, 0.15) is 5.75 Å². The lowest BCUT2D eigenvalue weighted by Crippen LogP contribution is -2.31. The number of amides is 1. The maximum atomic E-state index is 11.5. The molecule has 1 aromatic rings. The Kier molecular flexibility index (Phi) is 4.89. The number of carbonyl (C=O) groups excluding carboxylic acids is 1. The summed E-state index contributed by atoms with van der Waals surface area (Å²) in [6.07, 6.45) is 1.26. The van der Waals surface area contributed by atoms with Crippen LogP contribution >= 0.6 is 0 Å². The summed E-state index contributed by atoms with van der Waals surface area (Å²) in [6, 6.07) is 6.42. The first-order valence-electron chi connectivity index (χ1n) is 5.26. The molecule has 1 aromatic carbocycles. The van der Waals surface area contributed by atoms with E-state index in [0.717, 1.165) is 0 Å². The number of hydrazine groups is 1. The molecule has 0 saturated carbocycles. The number of phenolic OH excluding ortho intramolecular Hbond substituents is 1. The van der Waals surface area contributed by atoms with Crippen molar-refractivity contribution in [2.45, 2.75) is 12.8 Å². The monoisotopic (exact) mass is 250 g/mol. The lowest BCUT2D eigenvalue weighted by atomic mass is 10.0. The van der Waals surface area contributed by atoms with Gasteiger partial charge >= 0.3 is 5.97 Å². The van der Waals surface area contributed by atoms with E-state index in [-0.39, 0.29) is 24.2 Å². The zero-order valence-electron chi connectivity index (χ0n) is 9.59. The van der Waals surface area contributed by atoms with Gasteiger partial charge in [-0.3, -0.25) is 15.0 Å². The van der Waals surface area contributed by atoms with Gasteiger partial charge < -0.3 is 10.2 Å². The Morgan fingerprint density at radius 1 is 1.28 bits per heavy atom. The number of phenols is 1. The third-order valence-electron chi connectivity index (χ3n) is 2.30. The van der Waals surface area contributed by atoms with E-state index in [1.54, 1.807) is 18.2 Å². The van der Waals surface area contributed by atoms with E-state index in [0.29, 0.717) is 5.56 Å². The van der Waals surface area contributed by atoms with Crippen molar-refractivity contribution >= 4 is 18.0 Å². The predicted molar refractivity (Wildman–Crippen MR) is 65.3 cm³/mol. The Morgan fingerprint density at radius 3 is 2.50 bits per heavy atom. The van der Waals surface area contributed by atoms with Crippen LogP contribution in [-0.2, 0) is 9.59 Å².